The van der Waals surface area contributed by atoms with Gasteiger partial charge in [0, 0.05) is 16.5 Å². The highest BCUT2D eigenvalue weighted by atomic mass is 15.0. The van der Waals surface area contributed by atoms with Crippen molar-refractivity contribution in [3.63, 3.8) is 0 Å². The maximum Gasteiger partial charge on any atom is 0.0541 e. The first-order chi connectivity index (χ1) is 24.7. The summed E-state index contributed by atoms with van der Waals surface area (Å²) in [5, 5.41) is 5.13. The van der Waals surface area contributed by atoms with Gasteiger partial charge in [-0.25, -0.2) is 0 Å². The van der Waals surface area contributed by atoms with E-state index in [1.807, 2.05) is 0 Å². The fourth-order valence-electron chi connectivity index (χ4n) is 8.60. The molecule has 0 N–H and O–H groups in total. The zero-order valence-corrected chi connectivity index (χ0v) is 28.8. The molecule has 0 saturated heterocycles. The van der Waals surface area contributed by atoms with Crippen LogP contribution in [0.4, 0.5) is 0 Å². The molecule has 9 rings (SSSR count). The standard InChI is InChI=1S/C49H41N/c1-3-41(33(2)34-13-5-4-6-14-34)37-23-27-40(28-24-37)50-48-29-25-38(44-21-11-17-35-15-7-9-19-42(35)44)31-46(48)47-32-39(26-30-49(47)50)45-22-12-18-36-16-8-10-20-43(36)45/h4-9,11-19,21-33,41H,3,10,20H2,1-2H3/t33-,41?/m0/s1. The Bertz CT molecular complexity index is 2530. The zero-order valence-electron chi connectivity index (χ0n) is 28.8. The van der Waals surface area contributed by atoms with Crippen LogP contribution in [0.15, 0.2) is 158 Å². The van der Waals surface area contributed by atoms with E-state index in [1.54, 1.807) is 0 Å². The van der Waals surface area contributed by atoms with Crippen molar-refractivity contribution in [2.45, 2.75) is 44.9 Å². The summed E-state index contributed by atoms with van der Waals surface area (Å²) < 4.78 is 2.47. The highest BCUT2D eigenvalue weighted by molar-refractivity contribution is 6.12. The molecule has 1 aliphatic carbocycles. The molecular formula is C49H41N. The van der Waals surface area contributed by atoms with Crippen molar-refractivity contribution in [3.05, 3.63) is 180 Å². The third-order valence-corrected chi connectivity index (χ3v) is 11.2. The van der Waals surface area contributed by atoms with Gasteiger partial charge in [0.2, 0.25) is 0 Å². The molecule has 1 heterocycles. The lowest BCUT2D eigenvalue weighted by Gasteiger charge is -2.24. The molecule has 1 aromatic heterocycles. The van der Waals surface area contributed by atoms with Gasteiger partial charge in [-0.3, -0.25) is 0 Å². The van der Waals surface area contributed by atoms with E-state index in [0.29, 0.717) is 11.8 Å². The molecule has 0 spiro atoms. The van der Waals surface area contributed by atoms with Gasteiger partial charge in [-0.05, 0) is 123 Å². The Morgan fingerprint density at radius 2 is 1.24 bits per heavy atom. The number of rotatable bonds is 7. The second-order valence-electron chi connectivity index (χ2n) is 13.9. The van der Waals surface area contributed by atoms with E-state index in [9.17, 15) is 0 Å². The Balaban J connectivity index is 1.21. The molecule has 1 aliphatic rings. The number of fused-ring (bicyclic) bond motifs is 5. The van der Waals surface area contributed by atoms with Gasteiger partial charge >= 0.3 is 0 Å². The van der Waals surface area contributed by atoms with E-state index in [1.165, 1.54) is 82.8 Å². The Morgan fingerprint density at radius 3 is 2.00 bits per heavy atom. The second kappa shape index (κ2) is 12.7. The quantitative estimate of drug-likeness (QED) is 0.163. The predicted octanol–water partition coefficient (Wildman–Crippen LogP) is 13.5. The lowest BCUT2D eigenvalue weighted by atomic mass is 9.81. The predicted molar refractivity (Wildman–Crippen MR) is 214 cm³/mol. The minimum absolute atomic E-state index is 0.449. The van der Waals surface area contributed by atoms with Crippen LogP contribution < -0.4 is 0 Å². The summed E-state index contributed by atoms with van der Waals surface area (Å²) in [6.45, 7) is 4.69. The van der Waals surface area contributed by atoms with E-state index >= 15 is 0 Å². The Hall–Kier alpha value is -5.66. The molecule has 2 atom stereocenters. The summed E-state index contributed by atoms with van der Waals surface area (Å²) in [7, 11) is 0. The van der Waals surface area contributed by atoms with Crippen LogP contribution in [-0.2, 0) is 6.42 Å². The molecule has 242 valence electrons. The van der Waals surface area contributed by atoms with Crippen LogP contribution in [0.1, 0.15) is 60.8 Å². The summed E-state index contributed by atoms with van der Waals surface area (Å²) in [4.78, 5) is 0. The van der Waals surface area contributed by atoms with Gasteiger partial charge < -0.3 is 4.57 Å². The molecule has 0 aliphatic heterocycles. The van der Waals surface area contributed by atoms with Crippen LogP contribution in [0, 0.1) is 0 Å². The molecule has 1 nitrogen and oxygen atoms in total. The molecule has 0 amide bonds. The van der Waals surface area contributed by atoms with Crippen LogP contribution in [0.25, 0.3) is 66.6 Å². The maximum absolute atomic E-state index is 2.47. The molecule has 1 unspecified atom stereocenters. The largest absolute Gasteiger partial charge is 0.309 e. The Morgan fingerprint density at radius 1 is 0.580 bits per heavy atom. The first kappa shape index (κ1) is 30.4. The fourth-order valence-corrected chi connectivity index (χ4v) is 8.60. The molecule has 0 saturated carbocycles. The van der Waals surface area contributed by atoms with Crippen molar-refractivity contribution >= 4 is 38.7 Å². The van der Waals surface area contributed by atoms with Crippen LogP contribution in [0.2, 0.25) is 0 Å². The van der Waals surface area contributed by atoms with Crippen LogP contribution >= 0.6 is 0 Å². The van der Waals surface area contributed by atoms with Gasteiger partial charge in [0.15, 0.2) is 0 Å². The maximum atomic E-state index is 2.47. The Labute approximate surface area is 295 Å². The van der Waals surface area contributed by atoms with Gasteiger partial charge in [-0.15, -0.1) is 0 Å². The number of allylic oxidation sites excluding steroid dienone is 1. The van der Waals surface area contributed by atoms with Crippen LogP contribution in [0.5, 0.6) is 0 Å². The smallest absolute Gasteiger partial charge is 0.0541 e. The summed E-state index contributed by atoms with van der Waals surface area (Å²) in [6.07, 6.45) is 7.87. The lowest BCUT2D eigenvalue weighted by molar-refractivity contribution is 0.559. The highest BCUT2D eigenvalue weighted by Crippen LogP contribution is 2.41. The third-order valence-electron chi connectivity index (χ3n) is 11.2. The van der Waals surface area contributed by atoms with Gasteiger partial charge in [0.25, 0.3) is 0 Å². The number of hydrogen-bond donors (Lipinski definition) is 0. The minimum Gasteiger partial charge on any atom is -0.309 e. The van der Waals surface area contributed by atoms with Crippen molar-refractivity contribution in [1.29, 1.82) is 0 Å². The first-order valence-corrected chi connectivity index (χ1v) is 18.2. The van der Waals surface area contributed by atoms with Gasteiger partial charge in [-0.2, -0.15) is 0 Å². The Kier molecular flexibility index (Phi) is 7.70. The van der Waals surface area contributed by atoms with Crippen molar-refractivity contribution in [2.75, 3.05) is 0 Å². The zero-order chi connectivity index (χ0) is 33.6. The SMILES string of the molecule is CCC(c1ccc(-n2c3ccc(-c4cccc5c4CCC=C5)cc3c3cc(-c4cccc5ccccc45)ccc32)cc1)[C@@H](C)c1ccccc1. The van der Waals surface area contributed by atoms with Crippen molar-refractivity contribution in [3.8, 4) is 27.9 Å². The van der Waals surface area contributed by atoms with Crippen LogP contribution in [-0.4, -0.2) is 4.57 Å². The normalized spacial score (nSPS) is 13.9. The van der Waals surface area contributed by atoms with E-state index in [0.717, 1.165) is 19.3 Å². The first-order valence-electron chi connectivity index (χ1n) is 18.2. The molecule has 0 fully saturated rings. The average molecular weight is 644 g/mol. The topological polar surface area (TPSA) is 4.93 Å². The highest BCUT2D eigenvalue weighted by Gasteiger charge is 2.21. The lowest BCUT2D eigenvalue weighted by Crippen LogP contribution is -2.08. The minimum atomic E-state index is 0.449. The van der Waals surface area contributed by atoms with Gasteiger partial charge in [-0.1, -0.05) is 141 Å². The van der Waals surface area contributed by atoms with Crippen molar-refractivity contribution in [1.82, 2.24) is 4.57 Å². The summed E-state index contributed by atoms with van der Waals surface area (Å²) in [5.74, 6) is 0.910. The van der Waals surface area contributed by atoms with Gasteiger partial charge in [0.05, 0.1) is 11.0 Å². The number of nitrogens with zero attached hydrogens (tertiary/aromatic N) is 1. The molecule has 0 radical (unpaired) electrons. The van der Waals surface area contributed by atoms with E-state index in [4.69, 9.17) is 0 Å². The second-order valence-corrected chi connectivity index (χ2v) is 13.9. The van der Waals surface area contributed by atoms with Crippen molar-refractivity contribution in [2.24, 2.45) is 0 Å². The van der Waals surface area contributed by atoms with E-state index in [2.05, 4.69) is 182 Å². The summed E-state index contributed by atoms with van der Waals surface area (Å²) in [5.41, 5.74) is 14.4. The van der Waals surface area contributed by atoms with Crippen LogP contribution in [0.3, 0.4) is 0 Å². The van der Waals surface area contributed by atoms with E-state index < -0.39 is 0 Å². The molecule has 0 bridgehead atoms. The van der Waals surface area contributed by atoms with Gasteiger partial charge in [0.1, 0.15) is 0 Å². The molecular weight excluding hydrogens is 603 g/mol. The number of aromatic nitrogens is 1. The average Bonchev–Trinajstić information content (AvgIpc) is 3.51. The number of hydrogen-bond acceptors (Lipinski definition) is 0. The fraction of sp³-hybridized carbons (Fsp3) is 0.143. The molecule has 1 heteroatoms. The molecule has 50 heavy (non-hydrogen) atoms. The molecule has 7 aromatic carbocycles. The third kappa shape index (κ3) is 5.17. The summed E-state index contributed by atoms with van der Waals surface area (Å²) >= 11 is 0. The van der Waals surface area contributed by atoms with E-state index in [-0.39, 0.29) is 0 Å². The number of benzene rings is 7. The molecule has 8 aromatic rings. The van der Waals surface area contributed by atoms with Crippen molar-refractivity contribution < 1.29 is 0 Å². The summed E-state index contributed by atoms with van der Waals surface area (Å²) in [6, 6.07) is 56.7. The monoisotopic (exact) mass is 643 g/mol.